The molecule has 2 aromatic rings. The van der Waals surface area contributed by atoms with Gasteiger partial charge in [-0.05, 0) is 45.1 Å². The minimum Gasteiger partial charge on any atom is -0.310 e. The van der Waals surface area contributed by atoms with Crippen LogP contribution < -0.4 is 16.8 Å². The van der Waals surface area contributed by atoms with Gasteiger partial charge in [0.05, 0.1) is 15.9 Å². The van der Waals surface area contributed by atoms with E-state index in [9.17, 15) is 9.59 Å². The molecule has 2 aromatic heterocycles. The second kappa shape index (κ2) is 5.47. The molecule has 2 rings (SSSR count). The van der Waals surface area contributed by atoms with Gasteiger partial charge in [-0.15, -0.1) is 11.3 Å². The SMILES string of the molecule is NNC(=O)c1sccc1Cn1cccc(Br)c1=O. The third-order valence-corrected chi connectivity index (χ3v) is 3.96. The Morgan fingerprint density at radius 1 is 1.50 bits per heavy atom. The van der Waals surface area contributed by atoms with Crippen LogP contribution in [0, 0.1) is 0 Å². The van der Waals surface area contributed by atoms with Crippen molar-refractivity contribution in [3.05, 3.63) is 55.0 Å². The van der Waals surface area contributed by atoms with Gasteiger partial charge in [-0.3, -0.25) is 15.0 Å². The molecule has 3 N–H and O–H groups in total. The molecule has 18 heavy (non-hydrogen) atoms. The van der Waals surface area contributed by atoms with E-state index >= 15 is 0 Å². The van der Waals surface area contributed by atoms with Gasteiger partial charge in [0.2, 0.25) is 0 Å². The Bertz CT molecular complexity index is 635. The maximum atomic E-state index is 11.8. The summed E-state index contributed by atoms with van der Waals surface area (Å²) in [5.41, 5.74) is 2.72. The fraction of sp³-hybridized carbons (Fsp3) is 0.0909. The highest BCUT2D eigenvalue weighted by Gasteiger charge is 2.12. The zero-order valence-electron chi connectivity index (χ0n) is 9.22. The molecule has 0 aliphatic rings. The van der Waals surface area contributed by atoms with E-state index in [1.807, 2.05) is 6.07 Å². The normalized spacial score (nSPS) is 10.3. The van der Waals surface area contributed by atoms with Crippen molar-refractivity contribution in [2.75, 3.05) is 0 Å². The minimum absolute atomic E-state index is 0.136. The van der Waals surface area contributed by atoms with Crippen LogP contribution in [0.5, 0.6) is 0 Å². The Morgan fingerprint density at radius 2 is 2.28 bits per heavy atom. The number of nitrogens with two attached hydrogens (primary N) is 1. The van der Waals surface area contributed by atoms with E-state index in [1.54, 1.807) is 23.7 Å². The van der Waals surface area contributed by atoms with Crippen molar-refractivity contribution in [3.63, 3.8) is 0 Å². The number of rotatable bonds is 3. The molecule has 0 fully saturated rings. The first-order chi connectivity index (χ1) is 8.63. The van der Waals surface area contributed by atoms with Gasteiger partial charge >= 0.3 is 0 Å². The Hall–Kier alpha value is -1.44. The smallest absolute Gasteiger partial charge is 0.275 e. The van der Waals surface area contributed by atoms with Crippen LogP contribution in [-0.4, -0.2) is 10.5 Å². The van der Waals surface area contributed by atoms with Crippen LogP contribution >= 0.6 is 27.3 Å². The Kier molecular flexibility index (Phi) is 3.95. The maximum absolute atomic E-state index is 11.8. The summed E-state index contributed by atoms with van der Waals surface area (Å²) in [6, 6.07) is 5.25. The van der Waals surface area contributed by atoms with Crippen LogP contribution in [0.2, 0.25) is 0 Å². The standard InChI is InChI=1S/C11H10BrN3O2S/c12-8-2-1-4-15(11(8)17)6-7-3-5-18-9(7)10(16)14-13/h1-5H,6,13H2,(H,14,16). The van der Waals surface area contributed by atoms with E-state index < -0.39 is 0 Å². The maximum Gasteiger partial charge on any atom is 0.275 e. The number of thiophene rings is 1. The molecule has 0 saturated carbocycles. The van der Waals surface area contributed by atoms with Crippen molar-refractivity contribution in [2.45, 2.75) is 6.54 Å². The summed E-state index contributed by atoms with van der Waals surface area (Å²) >= 11 is 4.47. The molecular formula is C11H10BrN3O2S. The molecule has 0 saturated heterocycles. The van der Waals surface area contributed by atoms with Crippen LogP contribution in [0.3, 0.4) is 0 Å². The molecule has 0 aromatic carbocycles. The van der Waals surface area contributed by atoms with E-state index in [0.717, 1.165) is 5.56 Å². The van der Waals surface area contributed by atoms with E-state index in [1.165, 1.54) is 15.9 Å². The Labute approximate surface area is 115 Å². The highest BCUT2D eigenvalue weighted by molar-refractivity contribution is 9.10. The van der Waals surface area contributed by atoms with Gasteiger partial charge in [0.1, 0.15) is 0 Å². The summed E-state index contributed by atoms with van der Waals surface area (Å²) in [5.74, 6) is 4.77. The van der Waals surface area contributed by atoms with E-state index in [-0.39, 0.29) is 11.5 Å². The number of carbonyl (C=O) groups excluding carboxylic acids is 1. The number of carbonyl (C=O) groups is 1. The van der Waals surface area contributed by atoms with Gasteiger partial charge in [-0.25, -0.2) is 5.84 Å². The third-order valence-electron chi connectivity index (χ3n) is 2.40. The zero-order chi connectivity index (χ0) is 13.1. The average Bonchev–Trinajstić information content (AvgIpc) is 2.82. The second-order valence-corrected chi connectivity index (χ2v) is 5.31. The molecule has 0 aliphatic heterocycles. The molecular weight excluding hydrogens is 318 g/mol. The lowest BCUT2D eigenvalue weighted by molar-refractivity contribution is 0.0957. The molecule has 7 heteroatoms. The molecule has 0 atom stereocenters. The van der Waals surface area contributed by atoms with Crippen LogP contribution in [0.4, 0.5) is 0 Å². The number of nitrogens with one attached hydrogen (secondary N) is 1. The lowest BCUT2D eigenvalue weighted by Gasteiger charge is -2.06. The van der Waals surface area contributed by atoms with Gasteiger partial charge in [0, 0.05) is 6.20 Å². The van der Waals surface area contributed by atoms with Gasteiger partial charge in [0.15, 0.2) is 0 Å². The number of aromatic nitrogens is 1. The summed E-state index contributed by atoms with van der Waals surface area (Å²) in [6.45, 7) is 0.338. The Morgan fingerprint density at radius 3 is 3.00 bits per heavy atom. The minimum atomic E-state index is -0.344. The molecule has 0 radical (unpaired) electrons. The highest BCUT2D eigenvalue weighted by atomic mass is 79.9. The van der Waals surface area contributed by atoms with Crippen molar-refractivity contribution in [1.82, 2.24) is 9.99 Å². The molecule has 5 nitrogen and oxygen atoms in total. The quantitative estimate of drug-likeness (QED) is 0.507. The van der Waals surface area contributed by atoms with Crippen LogP contribution in [0.15, 0.2) is 39.0 Å². The van der Waals surface area contributed by atoms with Crippen LogP contribution in [0.1, 0.15) is 15.2 Å². The number of nitrogens with zero attached hydrogens (tertiary/aromatic N) is 1. The topological polar surface area (TPSA) is 77.1 Å². The van der Waals surface area contributed by atoms with Crippen molar-refractivity contribution >= 4 is 33.2 Å². The first kappa shape index (κ1) is 13.0. The highest BCUT2D eigenvalue weighted by Crippen LogP contribution is 2.17. The number of hydrazine groups is 1. The average molecular weight is 328 g/mol. The van der Waals surface area contributed by atoms with Gasteiger partial charge < -0.3 is 4.57 Å². The van der Waals surface area contributed by atoms with Crippen molar-refractivity contribution in [2.24, 2.45) is 5.84 Å². The van der Waals surface area contributed by atoms with Crippen molar-refractivity contribution in [3.8, 4) is 0 Å². The molecule has 0 bridgehead atoms. The molecule has 1 amide bonds. The first-order valence-electron chi connectivity index (χ1n) is 5.05. The number of hydrogen-bond donors (Lipinski definition) is 2. The number of pyridine rings is 1. The number of amides is 1. The fourth-order valence-electron chi connectivity index (χ4n) is 1.54. The van der Waals surface area contributed by atoms with E-state index in [4.69, 9.17) is 5.84 Å². The van der Waals surface area contributed by atoms with Gasteiger partial charge in [-0.1, -0.05) is 0 Å². The van der Waals surface area contributed by atoms with Gasteiger partial charge in [-0.2, -0.15) is 0 Å². The molecule has 2 heterocycles. The van der Waals surface area contributed by atoms with Crippen LogP contribution in [-0.2, 0) is 6.54 Å². The monoisotopic (exact) mass is 327 g/mol. The summed E-state index contributed by atoms with van der Waals surface area (Å²) in [6.07, 6.45) is 1.68. The number of halogens is 1. The summed E-state index contributed by atoms with van der Waals surface area (Å²) in [4.78, 5) is 23.9. The van der Waals surface area contributed by atoms with E-state index in [2.05, 4.69) is 21.4 Å². The van der Waals surface area contributed by atoms with Gasteiger partial charge in [0.25, 0.3) is 11.5 Å². The molecule has 0 aliphatic carbocycles. The third kappa shape index (κ3) is 2.53. The number of nitrogen functional groups attached to an aromatic ring is 1. The fourth-order valence-corrected chi connectivity index (χ4v) is 2.74. The molecule has 94 valence electrons. The number of hydrogen-bond acceptors (Lipinski definition) is 4. The zero-order valence-corrected chi connectivity index (χ0v) is 11.6. The lowest BCUT2D eigenvalue weighted by Crippen LogP contribution is -2.30. The summed E-state index contributed by atoms with van der Waals surface area (Å²) in [5, 5.41) is 1.79. The Balaban J connectivity index is 2.35. The lowest BCUT2D eigenvalue weighted by atomic mass is 10.2. The molecule has 0 spiro atoms. The summed E-state index contributed by atoms with van der Waals surface area (Å²) < 4.78 is 2.02. The largest absolute Gasteiger partial charge is 0.310 e. The van der Waals surface area contributed by atoms with Crippen molar-refractivity contribution in [1.29, 1.82) is 0 Å². The van der Waals surface area contributed by atoms with Crippen molar-refractivity contribution < 1.29 is 4.79 Å². The van der Waals surface area contributed by atoms with Crippen LogP contribution in [0.25, 0.3) is 0 Å². The first-order valence-corrected chi connectivity index (χ1v) is 6.73. The van der Waals surface area contributed by atoms with E-state index in [0.29, 0.717) is 15.9 Å². The summed E-state index contributed by atoms with van der Waals surface area (Å²) in [7, 11) is 0. The molecule has 0 unspecified atom stereocenters. The second-order valence-electron chi connectivity index (χ2n) is 3.54. The predicted octanol–water partition coefficient (Wildman–Crippen LogP) is 1.32. The predicted molar refractivity (Wildman–Crippen MR) is 73.5 cm³/mol.